The van der Waals surface area contributed by atoms with Crippen LogP contribution in [0.5, 0.6) is 0 Å². The Morgan fingerprint density at radius 3 is 1.00 bits per heavy atom. The van der Waals surface area contributed by atoms with Crippen LogP contribution >= 0.6 is 0 Å². The Morgan fingerprint density at radius 1 is 0.812 bits per heavy atom. The first kappa shape index (κ1) is 24.3. The fraction of sp³-hybridized carbons (Fsp3) is 0.400. The molecule has 0 spiro atoms. The minimum absolute atomic E-state index is 0. The molecule has 0 aliphatic heterocycles. The topological polar surface area (TPSA) is 106 Å². The zero-order valence-corrected chi connectivity index (χ0v) is 13.0. The molecule has 0 amide bonds. The van der Waals surface area contributed by atoms with Crippen molar-refractivity contribution < 1.29 is 44.8 Å². The van der Waals surface area contributed by atoms with E-state index in [0.29, 0.717) is 0 Å². The molecular weight excluding hydrogens is 265 g/mol. The van der Waals surface area contributed by atoms with Crippen LogP contribution in [0.15, 0.2) is 23.7 Å². The molecule has 5 nitrogen and oxygen atoms in total. The Hall–Kier alpha value is -0.997. The van der Waals surface area contributed by atoms with Crippen molar-refractivity contribution in [3.63, 3.8) is 0 Å². The molecule has 16 heavy (non-hydrogen) atoms. The third-order valence-corrected chi connectivity index (χ3v) is 0.824. The number of carbonyl (C=O) groups is 2. The molecule has 0 saturated heterocycles. The summed E-state index contributed by atoms with van der Waals surface area (Å²) in [4.78, 5) is 20.0. The summed E-state index contributed by atoms with van der Waals surface area (Å²) in [7, 11) is 0. The van der Waals surface area contributed by atoms with Crippen molar-refractivity contribution in [1.82, 2.24) is 0 Å². The average Bonchev–Trinajstić information content (AvgIpc) is 1.79. The van der Waals surface area contributed by atoms with E-state index in [1.807, 2.05) is 0 Å². The smallest absolute Gasteiger partial charge is 0.155 e. The maximum absolute atomic E-state index is 10.0. The molecule has 0 rings (SSSR count). The predicted octanol–water partition coefficient (Wildman–Crippen LogP) is 1.25. The molecule has 0 aliphatic carbocycles. The van der Waals surface area contributed by atoms with Gasteiger partial charge in [0.2, 0.25) is 0 Å². The van der Waals surface area contributed by atoms with E-state index in [-0.39, 0.29) is 48.0 Å². The van der Waals surface area contributed by atoms with E-state index >= 15 is 0 Å². The molecule has 0 heterocycles. The normalized spacial score (nSPS) is 10.0. The number of ketones is 2. The molecule has 0 unspecified atom stereocenters. The number of aliphatic hydroxyl groups is 2. The van der Waals surface area contributed by atoms with E-state index in [9.17, 15) is 9.59 Å². The largest absolute Gasteiger partial charge is 0.512 e. The Kier molecular flexibility index (Phi) is 21.3. The summed E-state index contributed by atoms with van der Waals surface area (Å²) in [6.07, 6.45) is 2.33. The van der Waals surface area contributed by atoms with Crippen LogP contribution in [0.2, 0.25) is 0 Å². The first-order valence-corrected chi connectivity index (χ1v) is 4.01. The first-order chi connectivity index (χ1) is 6.25. The Morgan fingerprint density at radius 2 is 1.00 bits per heavy atom. The molecule has 0 bridgehead atoms. The SMILES string of the molecule is CC(=O)/C=C(\C)O.CC(=O)/C=C(\C)O.O.[Zn]. The van der Waals surface area contributed by atoms with Crippen molar-refractivity contribution in [2.24, 2.45) is 0 Å². The van der Waals surface area contributed by atoms with Gasteiger partial charge in [-0.2, -0.15) is 0 Å². The van der Waals surface area contributed by atoms with Gasteiger partial charge in [-0.3, -0.25) is 9.59 Å². The van der Waals surface area contributed by atoms with E-state index in [2.05, 4.69) is 0 Å². The second-order valence-corrected chi connectivity index (χ2v) is 2.79. The summed E-state index contributed by atoms with van der Waals surface area (Å²) in [5, 5.41) is 16.7. The van der Waals surface area contributed by atoms with Crippen LogP contribution in [0.25, 0.3) is 0 Å². The van der Waals surface area contributed by atoms with Crippen LogP contribution in [0.1, 0.15) is 27.7 Å². The number of allylic oxidation sites excluding steroid dienone is 4. The molecule has 90 valence electrons. The molecule has 0 aromatic heterocycles. The van der Waals surface area contributed by atoms with Crippen LogP contribution in [0.3, 0.4) is 0 Å². The van der Waals surface area contributed by atoms with Crippen molar-refractivity contribution in [2.45, 2.75) is 27.7 Å². The molecular formula is C10H18O5Zn. The van der Waals surface area contributed by atoms with Crippen LogP contribution in [-0.4, -0.2) is 27.3 Å². The Bertz CT molecular complexity index is 232. The molecule has 0 fully saturated rings. The molecule has 0 saturated carbocycles. The zero-order chi connectivity index (χ0) is 11.7. The van der Waals surface area contributed by atoms with Crippen molar-refractivity contribution >= 4 is 11.6 Å². The van der Waals surface area contributed by atoms with Gasteiger partial charge in [0.15, 0.2) is 11.6 Å². The molecule has 6 heteroatoms. The molecule has 0 radical (unpaired) electrons. The second-order valence-electron chi connectivity index (χ2n) is 2.79. The summed E-state index contributed by atoms with van der Waals surface area (Å²) < 4.78 is 0. The van der Waals surface area contributed by atoms with Gasteiger partial charge in [-0.15, -0.1) is 0 Å². The van der Waals surface area contributed by atoms with Gasteiger partial charge in [0.1, 0.15) is 0 Å². The number of aliphatic hydroxyl groups excluding tert-OH is 2. The minimum atomic E-state index is -0.125. The van der Waals surface area contributed by atoms with Gasteiger partial charge in [-0.05, 0) is 27.7 Å². The Labute approximate surface area is 108 Å². The summed E-state index contributed by atoms with van der Waals surface area (Å²) >= 11 is 0. The summed E-state index contributed by atoms with van der Waals surface area (Å²) in [6.45, 7) is 5.70. The zero-order valence-electron chi connectivity index (χ0n) is 10.1. The standard InChI is InChI=1S/2C5H8O2.H2O.Zn/c2*1-4(6)3-5(2)7;;/h2*3,6H,1-2H3;1H2;/b2*4-3+;;. The maximum atomic E-state index is 10.0. The predicted molar refractivity (Wildman–Crippen MR) is 57.7 cm³/mol. The van der Waals surface area contributed by atoms with E-state index in [0.717, 1.165) is 0 Å². The number of hydrogen-bond acceptors (Lipinski definition) is 4. The number of rotatable bonds is 2. The van der Waals surface area contributed by atoms with Gasteiger partial charge >= 0.3 is 0 Å². The molecule has 0 aromatic carbocycles. The summed E-state index contributed by atoms with van der Waals surface area (Å²) in [6, 6.07) is 0. The second kappa shape index (κ2) is 14.0. The monoisotopic (exact) mass is 282 g/mol. The first-order valence-electron chi connectivity index (χ1n) is 4.01. The van der Waals surface area contributed by atoms with E-state index in [4.69, 9.17) is 10.2 Å². The van der Waals surface area contributed by atoms with Gasteiger partial charge in [0.25, 0.3) is 0 Å². The third kappa shape index (κ3) is 38.2. The molecule has 0 aromatic rings. The third-order valence-electron chi connectivity index (χ3n) is 0.824. The fourth-order valence-corrected chi connectivity index (χ4v) is 0.588. The number of carbonyl (C=O) groups excluding carboxylic acids is 2. The average molecular weight is 284 g/mol. The molecule has 4 N–H and O–H groups in total. The van der Waals surface area contributed by atoms with Crippen molar-refractivity contribution in [3.8, 4) is 0 Å². The van der Waals surface area contributed by atoms with Gasteiger partial charge in [0.05, 0.1) is 11.5 Å². The van der Waals surface area contributed by atoms with Gasteiger partial charge in [-0.25, -0.2) is 0 Å². The summed E-state index contributed by atoms with van der Waals surface area (Å²) in [5.74, 6) is -0.125. The van der Waals surface area contributed by atoms with Crippen molar-refractivity contribution in [2.75, 3.05) is 0 Å². The van der Waals surface area contributed by atoms with Crippen LogP contribution < -0.4 is 0 Å². The number of hydrogen-bond donors (Lipinski definition) is 2. The van der Waals surface area contributed by atoms with E-state index in [1.165, 1.54) is 39.8 Å². The van der Waals surface area contributed by atoms with Crippen LogP contribution in [0, 0.1) is 0 Å². The quantitative estimate of drug-likeness (QED) is 0.452. The fourth-order valence-electron chi connectivity index (χ4n) is 0.588. The van der Waals surface area contributed by atoms with Gasteiger partial charge < -0.3 is 15.7 Å². The molecule has 0 aliphatic rings. The Balaban J connectivity index is -0.0000000800. The molecule has 0 atom stereocenters. The van der Waals surface area contributed by atoms with Crippen molar-refractivity contribution in [1.29, 1.82) is 0 Å². The van der Waals surface area contributed by atoms with E-state index < -0.39 is 0 Å². The van der Waals surface area contributed by atoms with Gasteiger partial charge in [0, 0.05) is 31.6 Å². The minimum Gasteiger partial charge on any atom is -0.512 e. The maximum Gasteiger partial charge on any atom is 0.155 e. The van der Waals surface area contributed by atoms with Gasteiger partial charge in [-0.1, -0.05) is 0 Å². The van der Waals surface area contributed by atoms with Crippen LogP contribution in [0.4, 0.5) is 0 Å². The van der Waals surface area contributed by atoms with E-state index in [1.54, 1.807) is 0 Å². The summed E-state index contributed by atoms with van der Waals surface area (Å²) in [5.41, 5.74) is 0. The van der Waals surface area contributed by atoms with Crippen molar-refractivity contribution in [3.05, 3.63) is 23.7 Å². The van der Waals surface area contributed by atoms with Crippen LogP contribution in [-0.2, 0) is 29.1 Å².